The highest BCUT2D eigenvalue weighted by molar-refractivity contribution is 6.62. The lowest BCUT2D eigenvalue weighted by molar-refractivity contribution is -0.137. The maximum absolute atomic E-state index is 10.6. The molecule has 1 fully saturated rings. The predicted octanol–water partition coefficient (Wildman–Crippen LogP) is 3.65. The van der Waals surface area contributed by atoms with Crippen molar-refractivity contribution in [2.45, 2.75) is 72.0 Å². The van der Waals surface area contributed by atoms with E-state index in [2.05, 4.69) is 13.8 Å². The molecule has 144 valence electrons. The summed E-state index contributed by atoms with van der Waals surface area (Å²) in [6.07, 6.45) is 1.67. The summed E-state index contributed by atoms with van der Waals surface area (Å²) in [5.74, 6) is 0.0385. The first-order valence-corrected chi connectivity index (χ1v) is 9.22. The van der Waals surface area contributed by atoms with E-state index in [0.29, 0.717) is 13.0 Å². The number of aliphatic carboxylic acids is 1. The van der Waals surface area contributed by atoms with Crippen LogP contribution in [0.2, 0.25) is 0 Å². The van der Waals surface area contributed by atoms with E-state index in [4.69, 9.17) is 19.2 Å². The van der Waals surface area contributed by atoms with Crippen LogP contribution >= 0.6 is 0 Å². The van der Waals surface area contributed by atoms with Gasteiger partial charge in [0.2, 0.25) is 0 Å². The molecule has 0 bridgehead atoms. The molecule has 6 heteroatoms. The Bertz CT molecular complexity index is 606. The smallest absolute Gasteiger partial charge is 0.493 e. The zero-order valence-corrected chi connectivity index (χ0v) is 16.8. The van der Waals surface area contributed by atoms with Gasteiger partial charge in [0, 0.05) is 6.42 Å². The second-order valence-electron chi connectivity index (χ2n) is 8.86. The summed E-state index contributed by atoms with van der Waals surface area (Å²) in [7, 11) is -0.374. The molecule has 1 saturated heterocycles. The maximum Gasteiger partial charge on any atom is 0.494 e. The number of ether oxygens (including phenoxy) is 1. The van der Waals surface area contributed by atoms with Gasteiger partial charge in [-0.2, -0.15) is 0 Å². The Morgan fingerprint density at radius 2 is 1.65 bits per heavy atom. The summed E-state index contributed by atoms with van der Waals surface area (Å²) >= 11 is 0. The van der Waals surface area contributed by atoms with Gasteiger partial charge in [-0.15, -0.1) is 0 Å². The summed E-state index contributed by atoms with van der Waals surface area (Å²) in [6, 6.07) is 7.78. The molecule has 0 unspecified atom stereocenters. The van der Waals surface area contributed by atoms with Crippen LogP contribution in [0.5, 0.6) is 5.75 Å². The van der Waals surface area contributed by atoms with Gasteiger partial charge in [0.15, 0.2) is 0 Å². The number of rotatable bonds is 8. The van der Waals surface area contributed by atoms with E-state index in [9.17, 15) is 4.79 Å². The van der Waals surface area contributed by atoms with Crippen molar-refractivity contribution in [3.63, 3.8) is 0 Å². The lowest BCUT2D eigenvalue weighted by atomic mass is 9.79. The molecule has 2 rings (SSSR count). The molecule has 26 heavy (non-hydrogen) atoms. The van der Waals surface area contributed by atoms with Crippen LogP contribution in [-0.2, 0) is 14.1 Å². The first kappa shape index (κ1) is 20.8. The van der Waals surface area contributed by atoms with Crippen LogP contribution in [0, 0.1) is 5.41 Å². The molecule has 1 aliphatic rings. The monoisotopic (exact) mass is 362 g/mol. The summed E-state index contributed by atoms with van der Waals surface area (Å²) in [5.41, 5.74) is 0.191. The average molecular weight is 362 g/mol. The molecule has 0 spiro atoms. The van der Waals surface area contributed by atoms with Crippen molar-refractivity contribution in [3.05, 3.63) is 24.3 Å². The average Bonchev–Trinajstić information content (AvgIpc) is 2.73. The molecule has 0 saturated carbocycles. The van der Waals surface area contributed by atoms with Crippen LogP contribution in [-0.4, -0.2) is 36.0 Å². The molecule has 0 atom stereocenters. The van der Waals surface area contributed by atoms with E-state index in [1.807, 2.05) is 52.0 Å². The summed E-state index contributed by atoms with van der Waals surface area (Å²) in [5, 5.41) is 8.75. The Kier molecular flexibility index (Phi) is 6.08. The van der Waals surface area contributed by atoms with Crippen molar-refractivity contribution in [3.8, 4) is 5.75 Å². The number of carboxylic acids is 1. The standard InChI is InChI=1S/C20H31BO5/c1-18(2,13-7-8-17(22)23)14-24-16-11-9-15(10-12-16)21-25-19(3,4)20(5,6)26-21/h9-12H,7-8,13-14H2,1-6H3,(H,22,23). The summed E-state index contributed by atoms with van der Waals surface area (Å²) in [4.78, 5) is 10.6. The van der Waals surface area contributed by atoms with Crippen molar-refractivity contribution < 1.29 is 23.9 Å². The molecule has 0 radical (unpaired) electrons. The third kappa shape index (κ3) is 5.24. The van der Waals surface area contributed by atoms with E-state index in [-0.39, 0.29) is 30.2 Å². The number of benzene rings is 1. The number of hydrogen-bond acceptors (Lipinski definition) is 4. The van der Waals surface area contributed by atoms with Gasteiger partial charge in [-0.1, -0.05) is 26.0 Å². The van der Waals surface area contributed by atoms with Crippen LogP contribution in [0.3, 0.4) is 0 Å². The predicted molar refractivity (Wildman–Crippen MR) is 103 cm³/mol. The normalized spacial score (nSPS) is 18.8. The minimum atomic E-state index is -0.750. The summed E-state index contributed by atoms with van der Waals surface area (Å²) in [6.45, 7) is 12.9. The lowest BCUT2D eigenvalue weighted by Crippen LogP contribution is -2.41. The lowest BCUT2D eigenvalue weighted by Gasteiger charge is -2.32. The second kappa shape index (κ2) is 7.61. The quantitative estimate of drug-likeness (QED) is 0.716. The van der Waals surface area contributed by atoms with Crippen LogP contribution in [0.25, 0.3) is 0 Å². The highest BCUT2D eigenvalue weighted by Gasteiger charge is 2.51. The van der Waals surface area contributed by atoms with Gasteiger partial charge in [0.05, 0.1) is 17.8 Å². The van der Waals surface area contributed by atoms with E-state index in [0.717, 1.165) is 17.6 Å². The van der Waals surface area contributed by atoms with Gasteiger partial charge in [0.1, 0.15) is 5.75 Å². The molecule has 1 aromatic carbocycles. The maximum atomic E-state index is 10.6. The second-order valence-corrected chi connectivity index (χ2v) is 8.86. The van der Waals surface area contributed by atoms with Gasteiger partial charge in [-0.05, 0) is 63.5 Å². The van der Waals surface area contributed by atoms with Crippen molar-refractivity contribution in [1.29, 1.82) is 0 Å². The molecule has 0 aliphatic carbocycles. The minimum absolute atomic E-state index is 0.0696. The van der Waals surface area contributed by atoms with Crippen LogP contribution in [0.1, 0.15) is 60.8 Å². The van der Waals surface area contributed by atoms with E-state index >= 15 is 0 Å². The molecule has 1 aromatic rings. The van der Waals surface area contributed by atoms with Gasteiger partial charge in [0.25, 0.3) is 0 Å². The number of carboxylic acid groups (broad SMARTS) is 1. The van der Waals surface area contributed by atoms with Gasteiger partial charge >= 0.3 is 13.1 Å². The molecular weight excluding hydrogens is 331 g/mol. The van der Waals surface area contributed by atoms with Gasteiger partial charge in [-0.3, -0.25) is 4.79 Å². The fourth-order valence-electron chi connectivity index (χ4n) is 2.77. The van der Waals surface area contributed by atoms with Crippen LogP contribution in [0.4, 0.5) is 0 Å². The molecule has 0 amide bonds. The van der Waals surface area contributed by atoms with Crippen LogP contribution < -0.4 is 10.2 Å². The third-order valence-electron chi connectivity index (χ3n) is 5.28. The summed E-state index contributed by atoms with van der Waals surface area (Å²) < 4.78 is 18.0. The zero-order valence-electron chi connectivity index (χ0n) is 16.8. The van der Waals surface area contributed by atoms with Gasteiger partial charge < -0.3 is 19.2 Å². The largest absolute Gasteiger partial charge is 0.494 e. The molecular formula is C20H31BO5. The Balaban J connectivity index is 1.89. The first-order valence-electron chi connectivity index (χ1n) is 9.22. The van der Waals surface area contributed by atoms with E-state index in [1.54, 1.807) is 0 Å². The van der Waals surface area contributed by atoms with Crippen LogP contribution in [0.15, 0.2) is 24.3 Å². The van der Waals surface area contributed by atoms with Crippen molar-refractivity contribution >= 4 is 18.6 Å². The SMILES string of the molecule is CC(C)(CCCC(=O)O)COc1ccc(B2OC(C)(C)C(C)(C)O2)cc1. The zero-order chi connectivity index (χ0) is 19.6. The fourth-order valence-corrected chi connectivity index (χ4v) is 2.77. The van der Waals surface area contributed by atoms with Crippen molar-refractivity contribution in [1.82, 2.24) is 0 Å². The number of carbonyl (C=O) groups is 1. The molecule has 1 N–H and O–H groups in total. The van der Waals surface area contributed by atoms with E-state index < -0.39 is 5.97 Å². The fraction of sp³-hybridized carbons (Fsp3) is 0.650. The number of hydrogen-bond donors (Lipinski definition) is 1. The highest BCUT2D eigenvalue weighted by Crippen LogP contribution is 2.36. The van der Waals surface area contributed by atoms with Crippen molar-refractivity contribution in [2.24, 2.45) is 5.41 Å². The minimum Gasteiger partial charge on any atom is -0.493 e. The molecule has 5 nitrogen and oxygen atoms in total. The Hall–Kier alpha value is -1.53. The Morgan fingerprint density at radius 1 is 1.12 bits per heavy atom. The third-order valence-corrected chi connectivity index (χ3v) is 5.28. The molecule has 0 aromatic heterocycles. The topological polar surface area (TPSA) is 65.0 Å². The van der Waals surface area contributed by atoms with Crippen molar-refractivity contribution in [2.75, 3.05) is 6.61 Å². The highest BCUT2D eigenvalue weighted by atomic mass is 16.7. The Labute approximate surface area is 157 Å². The molecule has 1 heterocycles. The Morgan fingerprint density at radius 3 is 2.15 bits per heavy atom. The van der Waals surface area contributed by atoms with Gasteiger partial charge in [-0.25, -0.2) is 0 Å². The first-order chi connectivity index (χ1) is 11.9. The molecule has 1 aliphatic heterocycles. The van der Waals surface area contributed by atoms with E-state index in [1.165, 1.54) is 0 Å².